The predicted octanol–water partition coefficient (Wildman–Crippen LogP) is 2.81. The topological polar surface area (TPSA) is 82.4 Å². The van der Waals surface area contributed by atoms with Gasteiger partial charge in [0.1, 0.15) is 17.4 Å². The second kappa shape index (κ2) is 7.20. The molecule has 1 aliphatic rings. The van der Waals surface area contributed by atoms with Gasteiger partial charge in [0.15, 0.2) is 6.61 Å². The molecule has 6 nitrogen and oxygen atoms in total. The van der Waals surface area contributed by atoms with Gasteiger partial charge in [-0.1, -0.05) is 34.1 Å². The number of rotatable bonds is 4. The number of hydrogen-bond acceptors (Lipinski definition) is 4. The molecule has 1 N–H and O–H groups in total. The van der Waals surface area contributed by atoms with Gasteiger partial charge in [-0.2, -0.15) is 5.26 Å². The number of hydrazine groups is 1. The fourth-order valence-corrected chi connectivity index (χ4v) is 2.59. The van der Waals surface area contributed by atoms with Crippen molar-refractivity contribution < 1.29 is 14.3 Å². The van der Waals surface area contributed by atoms with Crippen molar-refractivity contribution in [3.63, 3.8) is 0 Å². The minimum atomic E-state index is -0.497. The first kappa shape index (κ1) is 16.7. The lowest BCUT2D eigenvalue weighted by atomic mass is 10.1. The van der Waals surface area contributed by atoms with Crippen LogP contribution in [-0.4, -0.2) is 18.4 Å². The number of carbonyl (C=O) groups is 2. The number of ether oxygens (including phenoxy) is 1. The van der Waals surface area contributed by atoms with Crippen molar-refractivity contribution >= 4 is 39.5 Å². The highest BCUT2D eigenvalue weighted by molar-refractivity contribution is 9.10. The molecule has 1 fully saturated rings. The van der Waals surface area contributed by atoms with E-state index in [4.69, 9.17) is 10.00 Å². The first-order valence-electron chi connectivity index (χ1n) is 7.31. The number of anilines is 1. The minimum absolute atomic E-state index is 0.00377. The molecule has 0 aromatic heterocycles. The van der Waals surface area contributed by atoms with E-state index in [9.17, 15) is 9.59 Å². The molecule has 0 radical (unpaired) electrons. The quantitative estimate of drug-likeness (QED) is 0.634. The van der Waals surface area contributed by atoms with E-state index < -0.39 is 11.8 Å². The lowest BCUT2D eigenvalue weighted by Crippen LogP contribution is -2.35. The van der Waals surface area contributed by atoms with E-state index >= 15 is 0 Å². The van der Waals surface area contributed by atoms with Crippen LogP contribution in [0.3, 0.4) is 0 Å². The number of halogens is 1. The molecular weight excluding hydrogens is 386 g/mol. The van der Waals surface area contributed by atoms with Crippen molar-refractivity contribution in [2.45, 2.75) is 0 Å². The molecule has 2 aromatic carbocycles. The molecule has 0 bridgehead atoms. The molecule has 1 saturated heterocycles. The van der Waals surface area contributed by atoms with Crippen molar-refractivity contribution in [1.82, 2.24) is 5.43 Å². The molecule has 25 heavy (non-hydrogen) atoms. The third-order valence-electron chi connectivity index (χ3n) is 3.49. The summed E-state index contributed by atoms with van der Waals surface area (Å²) in [5.74, 6) is -0.523. The Morgan fingerprint density at radius 3 is 2.60 bits per heavy atom. The van der Waals surface area contributed by atoms with Gasteiger partial charge in [-0.15, -0.1) is 0 Å². The largest absolute Gasteiger partial charge is 0.478 e. The molecule has 0 unspecified atom stereocenters. The molecule has 0 saturated carbocycles. The van der Waals surface area contributed by atoms with Crippen LogP contribution < -0.4 is 15.2 Å². The van der Waals surface area contributed by atoms with Crippen LogP contribution in [0.2, 0.25) is 0 Å². The van der Waals surface area contributed by atoms with E-state index in [-0.39, 0.29) is 12.2 Å². The first-order chi connectivity index (χ1) is 12.1. The van der Waals surface area contributed by atoms with Crippen LogP contribution in [0.1, 0.15) is 5.56 Å². The highest BCUT2D eigenvalue weighted by atomic mass is 79.9. The van der Waals surface area contributed by atoms with E-state index in [0.717, 1.165) is 4.47 Å². The van der Waals surface area contributed by atoms with Crippen molar-refractivity contribution in [3.8, 4) is 11.8 Å². The molecule has 0 aliphatic carbocycles. The maximum Gasteiger partial charge on any atom is 0.282 e. The normalized spacial score (nSPS) is 15.2. The summed E-state index contributed by atoms with van der Waals surface area (Å²) < 4.78 is 6.19. The number of nitriles is 1. The molecule has 0 spiro atoms. The molecule has 3 rings (SSSR count). The van der Waals surface area contributed by atoms with Crippen molar-refractivity contribution in [2.24, 2.45) is 0 Å². The molecule has 0 atom stereocenters. The summed E-state index contributed by atoms with van der Waals surface area (Å²) in [6.07, 6.45) is 1.46. The van der Waals surface area contributed by atoms with Gasteiger partial charge in [-0.3, -0.25) is 15.0 Å². The Morgan fingerprint density at radius 1 is 1.16 bits per heavy atom. The van der Waals surface area contributed by atoms with Crippen LogP contribution >= 0.6 is 15.9 Å². The maximum absolute atomic E-state index is 12.6. The molecule has 1 heterocycles. The van der Waals surface area contributed by atoms with E-state index in [2.05, 4.69) is 21.4 Å². The fraction of sp³-hybridized carbons (Fsp3) is 0.0556. The van der Waals surface area contributed by atoms with Gasteiger partial charge in [-0.25, -0.2) is 5.01 Å². The lowest BCUT2D eigenvalue weighted by molar-refractivity contribution is -0.117. The standard InChI is InChI=1S/C18H12BrN3O3/c19-13-5-7-14(8-6-13)22-18(24)15(17(23)21-22)11-12-3-1-2-4-16(12)25-10-9-20/h1-8,11H,10H2,(H,21,23). The lowest BCUT2D eigenvalue weighted by Gasteiger charge is -2.14. The molecule has 1 aliphatic heterocycles. The minimum Gasteiger partial charge on any atom is -0.478 e. The number of benzene rings is 2. The average molecular weight is 398 g/mol. The number of carbonyl (C=O) groups excluding carboxylic acids is 2. The van der Waals surface area contributed by atoms with Gasteiger partial charge >= 0.3 is 0 Å². The molecule has 7 heteroatoms. The Kier molecular flexibility index (Phi) is 4.82. The van der Waals surface area contributed by atoms with Crippen LogP contribution in [0.15, 0.2) is 58.6 Å². The van der Waals surface area contributed by atoms with Crippen molar-refractivity contribution in [1.29, 1.82) is 5.26 Å². The zero-order valence-electron chi connectivity index (χ0n) is 12.9. The van der Waals surface area contributed by atoms with Gasteiger partial charge < -0.3 is 4.74 Å². The average Bonchev–Trinajstić information content (AvgIpc) is 2.90. The zero-order chi connectivity index (χ0) is 17.8. The van der Waals surface area contributed by atoms with Crippen LogP contribution in [0.25, 0.3) is 6.08 Å². The molecular formula is C18H12BrN3O3. The zero-order valence-corrected chi connectivity index (χ0v) is 14.5. The molecule has 124 valence electrons. The third kappa shape index (κ3) is 3.54. The summed E-state index contributed by atoms with van der Waals surface area (Å²) in [4.78, 5) is 24.8. The van der Waals surface area contributed by atoms with E-state index in [0.29, 0.717) is 17.0 Å². The summed E-state index contributed by atoms with van der Waals surface area (Å²) in [5, 5.41) is 9.84. The maximum atomic E-state index is 12.6. The van der Waals surface area contributed by atoms with E-state index in [1.807, 2.05) is 6.07 Å². The smallest absolute Gasteiger partial charge is 0.282 e. The Morgan fingerprint density at radius 2 is 1.88 bits per heavy atom. The van der Waals surface area contributed by atoms with Crippen LogP contribution in [0, 0.1) is 11.3 Å². The number of nitrogens with one attached hydrogen (secondary N) is 1. The third-order valence-corrected chi connectivity index (χ3v) is 4.02. The molecule has 2 amide bonds. The summed E-state index contributed by atoms with van der Waals surface area (Å²) in [6.45, 7) is -0.120. The Bertz CT molecular complexity index is 901. The SMILES string of the molecule is N#CCOc1ccccc1C=C1C(=O)NN(c2ccc(Br)cc2)C1=O. The molecule has 2 aromatic rings. The van der Waals surface area contributed by atoms with Gasteiger partial charge in [0.2, 0.25) is 0 Å². The number of amides is 2. The Labute approximate surface area is 152 Å². The highest BCUT2D eigenvalue weighted by Gasteiger charge is 2.34. The van der Waals surface area contributed by atoms with Crippen molar-refractivity contribution in [3.05, 3.63) is 64.1 Å². The van der Waals surface area contributed by atoms with E-state index in [1.165, 1.54) is 11.1 Å². The summed E-state index contributed by atoms with van der Waals surface area (Å²) in [6, 6.07) is 15.8. The van der Waals surface area contributed by atoms with Gasteiger partial charge in [-0.05, 0) is 36.4 Å². The Hall–Kier alpha value is -3.11. The summed E-state index contributed by atoms with van der Waals surface area (Å²) in [5.41, 5.74) is 3.64. The number of nitrogens with zero attached hydrogens (tertiary/aromatic N) is 2. The van der Waals surface area contributed by atoms with Crippen LogP contribution in [-0.2, 0) is 9.59 Å². The van der Waals surface area contributed by atoms with Crippen LogP contribution in [0.5, 0.6) is 5.75 Å². The van der Waals surface area contributed by atoms with Crippen LogP contribution in [0.4, 0.5) is 5.69 Å². The summed E-state index contributed by atoms with van der Waals surface area (Å²) >= 11 is 3.33. The first-order valence-corrected chi connectivity index (χ1v) is 8.11. The van der Waals surface area contributed by atoms with Crippen molar-refractivity contribution in [2.75, 3.05) is 11.6 Å². The van der Waals surface area contributed by atoms with E-state index in [1.54, 1.807) is 48.5 Å². The number of para-hydroxylation sites is 1. The van der Waals surface area contributed by atoms with Gasteiger partial charge in [0, 0.05) is 10.0 Å². The second-order valence-corrected chi connectivity index (χ2v) is 6.02. The summed E-state index contributed by atoms with van der Waals surface area (Å²) in [7, 11) is 0. The van der Waals surface area contributed by atoms with Gasteiger partial charge in [0.25, 0.3) is 11.8 Å². The Balaban J connectivity index is 1.92. The highest BCUT2D eigenvalue weighted by Crippen LogP contribution is 2.26. The van der Waals surface area contributed by atoms with Gasteiger partial charge in [0.05, 0.1) is 5.69 Å². The fourth-order valence-electron chi connectivity index (χ4n) is 2.33. The second-order valence-electron chi connectivity index (χ2n) is 5.10. The number of hydrogen-bond donors (Lipinski definition) is 1. The monoisotopic (exact) mass is 397 g/mol. The predicted molar refractivity (Wildman–Crippen MR) is 95.3 cm³/mol.